The first-order valence-electron chi connectivity index (χ1n) is 10.5. The van der Waals surface area contributed by atoms with Gasteiger partial charge in [-0.1, -0.05) is 0 Å². The highest BCUT2D eigenvalue weighted by molar-refractivity contribution is 5.83. The summed E-state index contributed by atoms with van der Waals surface area (Å²) < 4.78 is 2.07. The molecule has 4 heterocycles. The van der Waals surface area contributed by atoms with Crippen molar-refractivity contribution in [1.29, 1.82) is 0 Å². The number of carbonyl (C=O) groups is 1. The van der Waals surface area contributed by atoms with E-state index in [1.54, 1.807) is 12.5 Å². The molecule has 1 atom stereocenters. The fourth-order valence-corrected chi connectivity index (χ4v) is 4.19. The van der Waals surface area contributed by atoms with Crippen LogP contribution in [0, 0.1) is 0 Å². The Bertz CT molecular complexity index is 801. The molecule has 1 unspecified atom stereocenters. The zero-order valence-corrected chi connectivity index (χ0v) is 17.0. The van der Waals surface area contributed by atoms with Crippen LogP contribution in [-0.2, 0) is 17.9 Å². The van der Waals surface area contributed by atoms with Crippen molar-refractivity contribution in [2.24, 2.45) is 0 Å². The number of nitrogens with one attached hydrogen (secondary N) is 2. The lowest BCUT2D eigenvalue weighted by atomic mass is 10.1. The van der Waals surface area contributed by atoms with E-state index in [0.717, 1.165) is 69.1 Å². The van der Waals surface area contributed by atoms with Gasteiger partial charge in [-0.15, -0.1) is 0 Å². The van der Waals surface area contributed by atoms with Gasteiger partial charge in [0.1, 0.15) is 18.0 Å². The van der Waals surface area contributed by atoms with E-state index in [1.165, 1.54) is 0 Å². The third kappa shape index (κ3) is 4.67. The van der Waals surface area contributed by atoms with Crippen LogP contribution in [-0.4, -0.2) is 69.6 Å². The van der Waals surface area contributed by atoms with Gasteiger partial charge in [0.05, 0.1) is 25.0 Å². The Morgan fingerprint density at radius 1 is 1.24 bits per heavy atom. The summed E-state index contributed by atoms with van der Waals surface area (Å²) in [7, 11) is 1.94. The molecular formula is C20H30N8O. The topological polar surface area (TPSA) is 91.2 Å². The average molecular weight is 399 g/mol. The molecule has 1 amide bonds. The first-order chi connectivity index (χ1) is 14.2. The lowest BCUT2D eigenvalue weighted by Gasteiger charge is -2.30. The van der Waals surface area contributed by atoms with Crippen LogP contribution in [0.3, 0.4) is 0 Å². The van der Waals surface area contributed by atoms with Gasteiger partial charge in [0.15, 0.2) is 0 Å². The zero-order valence-electron chi connectivity index (χ0n) is 17.0. The van der Waals surface area contributed by atoms with Crippen LogP contribution in [0.25, 0.3) is 0 Å². The molecular weight excluding hydrogens is 368 g/mol. The standard InChI is InChI=1S/C20H30N8O/c1-26-13-18(29)28(16-4-2-6-21-8-5-16)12-17-19(24-14-25-20(17)26)23-7-3-10-27-11-9-22-15-27/h9,11,14-16,21H,2-8,10,12-13H2,1H3,(H,23,24,25). The van der Waals surface area contributed by atoms with E-state index in [1.807, 2.05) is 24.5 Å². The molecule has 2 aromatic rings. The molecule has 0 radical (unpaired) electrons. The summed E-state index contributed by atoms with van der Waals surface area (Å²) in [6, 6.07) is 0.270. The second kappa shape index (κ2) is 9.21. The number of amides is 1. The van der Waals surface area contributed by atoms with Gasteiger partial charge < -0.3 is 25.0 Å². The van der Waals surface area contributed by atoms with E-state index < -0.39 is 0 Å². The van der Waals surface area contributed by atoms with Gasteiger partial charge in [-0.3, -0.25) is 4.79 Å². The Morgan fingerprint density at radius 3 is 3.03 bits per heavy atom. The third-order valence-electron chi connectivity index (χ3n) is 5.74. The van der Waals surface area contributed by atoms with Crippen molar-refractivity contribution in [3.05, 3.63) is 30.6 Å². The SMILES string of the molecule is CN1CC(=O)N(C2CCCNCC2)Cc2c(NCCCn3ccnc3)ncnc21. The highest BCUT2D eigenvalue weighted by atomic mass is 16.2. The van der Waals surface area contributed by atoms with Crippen LogP contribution < -0.4 is 15.5 Å². The number of aryl methyl sites for hydroxylation is 1. The molecule has 2 aromatic heterocycles. The summed E-state index contributed by atoms with van der Waals surface area (Å²) in [5.41, 5.74) is 1.01. The Balaban J connectivity index is 1.49. The first kappa shape index (κ1) is 19.6. The molecule has 29 heavy (non-hydrogen) atoms. The molecule has 0 saturated carbocycles. The molecule has 4 rings (SSSR count). The van der Waals surface area contributed by atoms with Crippen LogP contribution in [0.5, 0.6) is 0 Å². The minimum absolute atomic E-state index is 0.170. The van der Waals surface area contributed by atoms with Crippen molar-refractivity contribution in [1.82, 2.24) is 29.7 Å². The molecule has 1 saturated heterocycles. The van der Waals surface area contributed by atoms with Crippen LogP contribution in [0.1, 0.15) is 31.2 Å². The fourth-order valence-electron chi connectivity index (χ4n) is 4.19. The Hall–Kier alpha value is -2.68. The van der Waals surface area contributed by atoms with Crippen LogP contribution in [0.4, 0.5) is 11.6 Å². The lowest BCUT2D eigenvalue weighted by Crippen LogP contribution is -2.43. The smallest absolute Gasteiger partial charge is 0.242 e. The second-order valence-electron chi connectivity index (χ2n) is 7.82. The van der Waals surface area contributed by atoms with Crippen molar-refractivity contribution in [3.8, 4) is 0 Å². The molecule has 1 fully saturated rings. The molecule has 2 aliphatic rings. The van der Waals surface area contributed by atoms with Crippen molar-refractivity contribution >= 4 is 17.5 Å². The third-order valence-corrected chi connectivity index (χ3v) is 5.74. The molecule has 0 aromatic carbocycles. The van der Waals surface area contributed by atoms with Gasteiger partial charge in [-0.05, 0) is 38.8 Å². The van der Waals surface area contributed by atoms with Gasteiger partial charge in [-0.2, -0.15) is 0 Å². The van der Waals surface area contributed by atoms with Crippen LogP contribution in [0.2, 0.25) is 0 Å². The maximum absolute atomic E-state index is 13.0. The Morgan fingerprint density at radius 2 is 2.17 bits per heavy atom. The minimum atomic E-state index is 0.170. The number of carbonyl (C=O) groups excluding carboxylic acids is 1. The highest BCUT2D eigenvalue weighted by Gasteiger charge is 2.31. The number of hydrogen-bond acceptors (Lipinski definition) is 7. The number of hydrogen-bond donors (Lipinski definition) is 2. The first-order valence-corrected chi connectivity index (χ1v) is 10.5. The number of aromatic nitrogens is 4. The molecule has 9 heteroatoms. The predicted molar refractivity (Wildman–Crippen MR) is 112 cm³/mol. The van der Waals surface area contributed by atoms with Gasteiger partial charge in [0, 0.05) is 38.6 Å². The second-order valence-corrected chi connectivity index (χ2v) is 7.82. The summed E-state index contributed by atoms with van der Waals surface area (Å²) in [5, 5.41) is 6.91. The Kier molecular flexibility index (Phi) is 6.24. The number of nitrogens with zero attached hydrogens (tertiary/aromatic N) is 6. The molecule has 0 bridgehead atoms. The van der Waals surface area contributed by atoms with Gasteiger partial charge in [0.2, 0.25) is 5.91 Å². The van der Waals surface area contributed by atoms with Gasteiger partial charge in [0.25, 0.3) is 0 Å². The number of likely N-dealkylation sites (N-methyl/N-ethyl adjacent to an activating group) is 1. The minimum Gasteiger partial charge on any atom is -0.370 e. The molecule has 156 valence electrons. The van der Waals surface area contributed by atoms with Crippen molar-refractivity contribution in [2.75, 3.05) is 43.4 Å². The van der Waals surface area contributed by atoms with E-state index in [2.05, 4.69) is 35.1 Å². The fraction of sp³-hybridized carbons (Fsp3) is 0.600. The van der Waals surface area contributed by atoms with Crippen molar-refractivity contribution in [2.45, 2.75) is 44.8 Å². The summed E-state index contributed by atoms with van der Waals surface area (Å²) in [6.07, 6.45) is 11.3. The summed E-state index contributed by atoms with van der Waals surface area (Å²) in [6.45, 7) is 4.61. The molecule has 0 aliphatic carbocycles. The largest absolute Gasteiger partial charge is 0.370 e. The highest BCUT2D eigenvalue weighted by Crippen LogP contribution is 2.29. The number of rotatable bonds is 6. The molecule has 9 nitrogen and oxygen atoms in total. The zero-order chi connectivity index (χ0) is 20.1. The summed E-state index contributed by atoms with van der Waals surface area (Å²) in [5.74, 6) is 1.85. The average Bonchev–Trinajstić information content (AvgIpc) is 3.04. The molecule has 2 aliphatic heterocycles. The number of fused-ring (bicyclic) bond motifs is 1. The Labute approximate surface area is 171 Å². The predicted octanol–water partition coefficient (Wildman–Crippen LogP) is 1.10. The van der Waals surface area contributed by atoms with E-state index >= 15 is 0 Å². The molecule has 2 N–H and O–H groups in total. The van der Waals surface area contributed by atoms with E-state index in [4.69, 9.17) is 0 Å². The molecule has 0 spiro atoms. The monoisotopic (exact) mass is 398 g/mol. The van der Waals surface area contributed by atoms with Crippen molar-refractivity contribution in [3.63, 3.8) is 0 Å². The van der Waals surface area contributed by atoms with E-state index in [0.29, 0.717) is 13.1 Å². The summed E-state index contributed by atoms with van der Waals surface area (Å²) >= 11 is 0. The maximum Gasteiger partial charge on any atom is 0.242 e. The lowest BCUT2D eigenvalue weighted by molar-refractivity contribution is -0.132. The van der Waals surface area contributed by atoms with Crippen LogP contribution in [0.15, 0.2) is 25.0 Å². The summed E-state index contributed by atoms with van der Waals surface area (Å²) in [4.78, 5) is 30.1. The number of anilines is 2. The van der Waals surface area contributed by atoms with E-state index in [9.17, 15) is 4.79 Å². The van der Waals surface area contributed by atoms with Gasteiger partial charge >= 0.3 is 0 Å². The van der Waals surface area contributed by atoms with E-state index in [-0.39, 0.29) is 11.9 Å². The normalized spacial score (nSPS) is 20.2. The maximum atomic E-state index is 13.0. The van der Waals surface area contributed by atoms with Crippen LogP contribution >= 0.6 is 0 Å². The van der Waals surface area contributed by atoms with Crippen molar-refractivity contribution < 1.29 is 4.79 Å². The van der Waals surface area contributed by atoms with Gasteiger partial charge in [-0.25, -0.2) is 15.0 Å². The number of imidazole rings is 1. The quantitative estimate of drug-likeness (QED) is 0.704.